The zero-order chi connectivity index (χ0) is 17.6. The lowest BCUT2D eigenvalue weighted by Crippen LogP contribution is -2.37. The minimum absolute atomic E-state index is 0.0160. The molecule has 0 aromatic heterocycles. The van der Waals surface area contributed by atoms with E-state index in [9.17, 15) is 10.1 Å². The van der Waals surface area contributed by atoms with Gasteiger partial charge in [0.15, 0.2) is 5.75 Å². The van der Waals surface area contributed by atoms with Crippen molar-refractivity contribution >= 4 is 5.69 Å². The number of nitro groups is 1. The number of hydrogen-bond acceptors (Lipinski definition) is 5. The number of benzene rings is 2. The Labute approximate surface area is 147 Å². The largest absolute Gasteiger partial charge is 0.490 e. The van der Waals surface area contributed by atoms with Crippen LogP contribution in [-0.4, -0.2) is 36.1 Å². The number of piperidine rings is 1. The highest BCUT2D eigenvalue weighted by Crippen LogP contribution is 2.28. The first-order chi connectivity index (χ1) is 12.2. The van der Waals surface area contributed by atoms with Crippen molar-refractivity contribution in [3.8, 4) is 11.5 Å². The number of ether oxygens (including phenoxy) is 2. The molecule has 0 atom stereocenters. The van der Waals surface area contributed by atoms with Crippen LogP contribution in [0.2, 0.25) is 0 Å². The van der Waals surface area contributed by atoms with Crippen LogP contribution in [0.4, 0.5) is 5.69 Å². The summed E-state index contributed by atoms with van der Waals surface area (Å²) in [4.78, 5) is 13.0. The fraction of sp³-hybridized carbons (Fsp3) is 0.368. The molecule has 0 radical (unpaired) electrons. The summed E-state index contributed by atoms with van der Waals surface area (Å²) in [6.45, 7) is 2.53. The molecule has 1 heterocycles. The first-order valence-electron chi connectivity index (χ1n) is 8.41. The van der Waals surface area contributed by atoms with Crippen molar-refractivity contribution in [3.63, 3.8) is 0 Å². The van der Waals surface area contributed by atoms with Gasteiger partial charge < -0.3 is 9.47 Å². The van der Waals surface area contributed by atoms with E-state index < -0.39 is 4.92 Å². The van der Waals surface area contributed by atoms with Crippen molar-refractivity contribution in [2.75, 3.05) is 20.2 Å². The number of para-hydroxylation sites is 1. The number of hydrogen-bond donors (Lipinski definition) is 0. The molecule has 0 aliphatic carbocycles. The molecule has 1 fully saturated rings. The molecule has 0 N–H and O–H groups in total. The first kappa shape index (κ1) is 17.2. The molecule has 1 saturated heterocycles. The molecule has 1 aliphatic heterocycles. The second-order valence-corrected chi connectivity index (χ2v) is 6.17. The van der Waals surface area contributed by atoms with E-state index in [2.05, 4.69) is 4.90 Å². The van der Waals surface area contributed by atoms with Gasteiger partial charge in [-0.3, -0.25) is 15.0 Å². The van der Waals surface area contributed by atoms with E-state index in [0.717, 1.165) is 37.2 Å². The predicted molar refractivity (Wildman–Crippen MR) is 95.0 cm³/mol. The monoisotopic (exact) mass is 342 g/mol. The lowest BCUT2D eigenvalue weighted by atomic mass is 10.1. The molecule has 6 nitrogen and oxygen atoms in total. The molecule has 2 aromatic rings. The van der Waals surface area contributed by atoms with Crippen molar-refractivity contribution in [2.45, 2.75) is 25.5 Å². The molecule has 0 amide bonds. The minimum atomic E-state index is -0.401. The zero-order valence-electron chi connectivity index (χ0n) is 14.3. The van der Waals surface area contributed by atoms with E-state index >= 15 is 0 Å². The fourth-order valence-electron chi connectivity index (χ4n) is 3.11. The Hall–Kier alpha value is -2.60. The lowest BCUT2D eigenvalue weighted by molar-refractivity contribution is -0.385. The molecule has 0 bridgehead atoms. The number of nitro benzene ring substituents is 1. The van der Waals surface area contributed by atoms with Crippen LogP contribution < -0.4 is 9.47 Å². The quantitative estimate of drug-likeness (QED) is 0.592. The Morgan fingerprint density at radius 3 is 2.52 bits per heavy atom. The van der Waals surface area contributed by atoms with Crippen molar-refractivity contribution < 1.29 is 14.4 Å². The second kappa shape index (κ2) is 7.98. The van der Waals surface area contributed by atoms with Gasteiger partial charge in [-0.2, -0.15) is 0 Å². The van der Waals surface area contributed by atoms with Crippen LogP contribution in [0.3, 0.4) is 0 Å². The Morgan fingerprint density at radius 1 is 1.16 bits per heavy atom. The zero-order valence-corrected chi connectivity index (χ0v) is 14.3. The smallest absolute Gasteiger partial charge is 0.311 e. The SMILES string of the molecule is COc1ccc(CN2CCC(Oc3ccccc3)CC2)cc1[N+](=O)[O-]. The topological polar surface area (TPSA) is 64.8 Å². The molecule has 0 saturated carbocycles. The fourth-order valence-corrected chi connectivity index (χ4v) is 3.11. The summed E-state index contributed by atoms with van der Waals surface area (Å²) < 4.78 is 11.1. The molecule has 1 aliphatic rings. The summed E-state index contributed by atoms with van der Waals surface area (Å²) in [6, 6.07) is 15.0. The number of rotatable bonds is 6. The third kappa shape index (κ3) is 4.48. The highest BCUT2D eigenvalue weighted by molar-refractivity contribution is 5.48. The Balaban J connectivity index is 1.55. The van der Waals surface area contributed by atoms with Crippen LogP contribution >= 0.6 is 0 Å². The maximum absolute atomic E-state index is 11.1. The Morgan fingerprint density at radius 2 is 1.88 bits per heavy atom. The van der Waals surface area contributed by atoms with E-state index in [-0.39, 0.29) is 11.8 Å². The summed E-state index contributed by atoms with van der Waals surface area (Å²) in [6.07, 6.45) is 2.13. The molecule has 132 valence electrons. The van der Waals surface area contributed by atoms with Crippen LogP contribution in [-0.2, 0) is 6.54 Å². The maximum atomic E-state index is 11.1. The number of nitrogens with zero attached hydrogens (tertiary/aromatic N) is 2. The van der Waals surface area contributed by atoms with Gasteiger partial charge in [0, 0.05) is 25.7 Å². The van der Waals surface area contributed by atoms with Crippen molar-refractivity contribution in [1.82, 2.24) is 4.90 Å². The highest BCUT2D eigenvalue weighted by Gasteiger charge is 2.22. The number of methoxy groups -OCH3 is 1. The normalized spacial score (nSPS) is 15.7. The highest BCUT2D eigenvalue weighted by atomic mass is 16.6. The second-order valence-electron chi connectivity index (χ2n) is 6.17. The van der Waals surface area contributed by atoms with Crippen molar-refractivity contribution in [2.24, 2.45) is 0 Å². The summed E-state index contributed by atoms with van der Waals surface area (Å²) >= 11 is 0. The molecule has 25 heavy (non-hydrogen) atoms. The first-order valence-corrected chi connectivity index (χ1v) is 8.41. The third-order valence-electron chi connectivity index (χ3n) is 4.43. The molecule has 0 unspecified atom stereocenters. The van der Waals surface area contributed by atoms with Crippen LogP contribution in [0.1, 0.15) is 18.4 Å². The molecular weight excluding hydrogens is 320 g/mol. The van der Waals surface area contributed by atoms with Gasteiger partial charge in [0.25, 0.3) is 0 Å². The van der Waals surface area contributed by atoms with E-state index in [1.165, 1.54) is 7.11 Å². The summed E-state index contributed by atoms with van der Waals surface area (Å²) in [5.74, 6) is 1.20. The molecule has 0 spiro atoms. The number of likely N-dealkylation sites (tertiary alicyclic amines) is 1. The standard InChI is InChI=1S/C19H22N2O4/c1-24-19-8-7-15(13-18(19)21(22)23)14-20-11-9-17(10-12-20)25-16-5-3-2-4-6-16/h2-8,13,17H,9-12,14H2,1H3. The van der Waals surface area contributed by atoms with Gasteiger partial charge in [0.2, 0.25) is 0 Å². The van der Waals surface area contributed by atoms with E-state index in [4.69, 9.17) is 9.47 Å². The van der Waals surface area contributed by atoms with Gasteiger partial charge in [0.05, 0.1) is 12.0 Å². The van der Waals surface area contributed by atoms with Crippen LogP contribution in [0.5, 0.6) is 11.5 Å². The van der Waals surface area contributed by atoms with E-state index in [0.29, 0.717) is 12.3 Å². The van der Waals surface area contributed by atoms with Crippen LogP contribution in [0.25, 0.3) is 0 Å². The van der Waals surface area contributed by atoms with E-state index in [1.807, 2.05) is 36.4 Å². The van der Waals surface area contributed by atoms with Crippen LogP contribution in [0, 0.1) is 10.1 Å². The minimum Gasteiger partial charge on any atom is -0.490 e. The lowest BCUT2D eigenvalue weighted by Gasteiger charge is -2.32. The summed E-state index contributed by atoms with van der Waals surface area (Å²) in [7, 11) is 1.44. The van der Waals surface area contributed by atoms with Gasteiger partial charge in [-0.05, 0) is 36.6 Å². The Kier molecular flexibility index (Phi) is 5.50. The van der Waals surface area contributed by atoms with Crippen molar-refractivity contribution in [1.29, 1.82) is 0 Å². The van der Waals surface area contributed by atoms with Gasteiger partial charge in [0.1, 0.15) is 11.9 Å². The molecule has 2 aromatic carbocycles. The van der Waals surface area contributed by atoms with Gasteiger partial charge in [-0.1, -0.05) is 24.3 Å². The van der Waals surface area contributed by atoms with Gasteiger partial charge in [-0.15, -0.1) is 0 Å². The van der Waals surface area contributed by atoms with Crippen LogP contribution in [0.15, 0.2) is 48.5 Å². The summed E-state index contributed by atoms with van der Waals surface area (Å²) in [5, 5.41) is 11.1. The summed E-state index contributed by atoms with van der Waals surface area (Å²) in [5.41, 5.74) is 0.942. The van der Waals surface area contributed by atoms with Crippen molar-refractivity contribution in [3.05, 3.63) is 64.2 Å². The molecule has 6 heteroatoms. The molecular formula is C19H22N2O4. The predicted octanol–water partition coefficient (Wildman–Crippen LogP) is 3.65. The third-order valence-corrected chi connectivity index (χ3v) is 4.43. The van der Waals surface area contributed by atoms with Gasteiger partial charge in [-0.25, -0.2) is 0 Å². The average molecular weight is 342 g/mol. The van der Waals surface area contributed by atoms with Gasteiger partial charge >= 0.3 is 5.69 Å². The Bertz CT molecular complexity index is 713. The average Bonchev–Trinajstić information content (AvgIpc) is 2.64. The molecule has 3 rings (SSSR count). The maximum Gasteiger partial charge on any atom is 0.311 e. The van der Waals surface area contributed by atoms with E-state index in [1.54, 1.807) is 12.1 Å².